The monoisotopic (exact) mass is 191 g/mol. The summed E-state index contributed by atoms with van der Waals surface area (Å²) in [6, 6.07) is 4.01. The lowest BCUT2D eigenvalue weighted by molar-refractivity contribution is -0.260. The maximum absolute atomic E-state index is 12.2. The van der Waals surface area contributed by atoms with E-state index in [9.17, 15) is 13.2 Å². The fraction of sp³-hybridized carbons (Fsp3) is 0.375. The maximum atomic E-state index is 12.2. The molecular weight excluding hydrogens is 183 g/mol. The van der Waals surface area contributed by atoms with Gasteiger partial charge in [-0.1, -0.05) is 6.07 Å². The molecule has 1 unspecified atom stereocenters. The summed E-state index contributed by atoms with van der Waals surface area (Å²) in [6.45, 7) is 0.676. The molecule has 0 saturated carbocycles. The molecule has 1 N–H and O–H groups in total. The molecule has 0 aliphatic rings. The van der Waals surface area contributed by atoms with Crippen LogP contribution in [0.4, 0.5) is 13.2 Å². The van der Waals surface area contributed by atoms with Gasteiger partial charge < -0.3 is 5.11 Å². The molecule has 0 aliphatic carbocycles. The lowest BCUT2D eigenvalue weighted by Crippen LogP contribution is -2.39. The van der Waals surface area contributed by atoms with E-state index in [1.165, 1.54) is 18.3 Å². The van der Waals surface area contributed by atoms with Crippen molar-refractivity contribution in [3.8, 4) is 0 Å². The number of rotatable bonds is 1. The third-order valence-electron chi connectivity index (χ3n) is 1.72. The van der Waals surface area contributed by atoms with Crippen LogP contribution in [0.2, 0.25) is 0 Å². The maximum Gasteiger partial charge on any atom is 0.422 e. The zero-order valence-corrected chi connectivity index (χ0v) is 6.84. The standard InChI is InChI=1S/C8H8F3NO/c1-7(13,8(9,10)11)6-4-2-3-5-12-6/h2-5,13H,1H3. The first-order chi connectivity index (χ1) is 5.86. The van der Waals surface area contributed by atoms with Crippen LogP contribution >= 0.6 is 0 Å². The van der Waals surface area contributed by atoms with Gasteiger partial charge in [0.25, 0.3) is 0 Å². The molecule has 0 aromatic carbocycles. The first-order valence-electron chi connectivity index (χ1n) is 3.56. The fourth-order valence-corrected chi connectivity index (χ4v) is 0.796. The Morgan fingerprint density at radius 1 is 1.31 bits per heavy atom. The lowest BCUT2D eigenvalue weighted by atomic mass is 10.0. The molecule has 1 aromatic heterocycles. The molecule has 13 heavy (non-hydrogen) atoms. The third kappa shape index (κ3) is 1.80. The molecule has 0 bridgehead atoms. The number of aromatic nitrogens is 1. The van der Waals surface area contributed by atoms with Crippen molar-refractivity contribution < 1.29 is 18.3 Å². The summed E-state index contributed by atoms with van der Waals surface area (Å²) in [5.74, 6) is 0. The van der Waals surface area contributed by atoms with Crippen molar-refractivity contribution in [2.45, 2.75) is 18.7 Å². The molecule has 0 fully saturated rings. The number of halogens is 3. The minimum absolute atomic E-state index is 0.400. The molecule has 5 heteroatoms. The van der Waals surface area contributed by atoms with Crippen molar-refractivity contribution >= 4 is 0 Å². The Kier molecular flexibility index (Phi) is 2.30. The zero-order valence-electron chi connectivity index (χ0n) is 6.84. The summed E-state index contributed by atoms with van der Waals surface area (Å²) < 4.78 is 36.7. The van der Waals surface area contributed by atoms with Gasteiger partial charge in [-0.25, -0.2) is 0 Å². The number of aliphatic hydroxyl groups is 1. The summed E-state index contributed by atoms with van der Waals surface area (Å²) in [5.41, 5.74) is -3.28. The van der Waals surface area contributed by atoms with Crippen LogP contribution in [0.5, 0.6) is 0 Å². The molecule has 0 radical (unpaired) electrons. The number of pyridine rings is 1. The van der Waals surface area contributed by atoms with E-state index in [1.807, 2.05) is 0 Å². The van der Waals surface area contributed by atoms with Crippen molar-refractivity contribution in [3.05, 3.63) is 30.1 Å². The molecule has 1 heterocycles. The smallest absolute Gasteiger partial charge is 0.375 e. The lowest BCUT2D eigenvalue weighted by Gasteiger charge is -2.25. The van der Waals surface area contributed by atoms with Gasteiger partial charge >= 0.3 is 6.18 Å². The first-order valence-corrected chi connectivity index (χ1v) is 3.56. The van der Waals surface area contributed by atoms with E-state index < -0.39 is 17.5 Å². The quantitative estimate of drug-likeness (QED) is 0.734. The predicted octanol–water partition coefficient (Wildman–Crippen LogP) is 1.85. The number of nitrogens with zero attached hydrogens (tertiary/aromatic N) is 1. The van der Waals surface area contributed by atoms with Crippen molar-refractivity contribution in [3.63, 3.8) is 0 Å². The Morgan fingerprint density at radius 3 is 2.31 bits per heavy atom. The van der Waals surface area contributed by atoms with E-state index in [0.29, 0.717) is 6.92 Å². The van der Waals surface area contributed by atoms with Crippen molar-refractivity contribution in [2.75, 3.05) is 0 Å². The molecule has 1 aromatic rings. The molecule has 0 amide bonds. The molecule has 0 saturated heterocycles. The Bertz CT molecular complexity index is 281. The number of hydrogen-bond acceptors (Lipinski definition) is 2. The summed E-state index contributed by atoms with van der Waals surface area (Å²) >= 11 is 0. The molecule has 0 spiro atoms. The minimum Gasteiger partial charge on any atom is -0.375 e. The second kappa shape index (κ2) is 2.99. The first kappa shape index (κ1) is 9.98. The molecular formula is C8H8F3NO. The van der Waals surface area contributed by atoms with Gasteiger partial charge in [0, 0.05) is 6.20 Å². The van der Waals surface area contributed by atoms with Crippen LogP contribution < -0.4 is 0 Å². The topological polar surface area (TPSA) is 33.1 Å². The predicted molar refractivity (Wildman–Crippen MR) is 39.9 cm³/mol. The molecule has 2 nitrogen and oxygen atoms in total. The summed E-state index contributed by atoms with van der Waals surface area (Å²) in [6.07, 6.45) is -3.50. The van der Waals surface area contributed by atoms with Crippen molar-refractivity contribution in [1.82, 2.24) is 4.98 Å². The van der Waals surface area contributed by atoms with Gasteiger partial charge in [0.15, 0.2) is 5.60 Å². The Labute approximate surface area is 73.0 Å². The Hall–Kier alpha value is -1.10. The van der Waals surface area contributed by atoms with Gasteiger partial charge in [0.1, 0.15) is 0 Å². The van der Waals surface area contributed by atoms with E-state index in [1.54, 1.807) is 0 Å². The minimum atomic E-state index is -4.71. The third-order valence-corrected chi connectivity index (χ3v) is 1.72. The highest BCUT2D eigenvalue weighted by atomic mass is 19.4. The molecule has 1 atom stereocenters. The second-order valence-electron chi connectivity index (χ2n) is 2.78. The average Bonchev–Trinajstić information content (AvgIpc) is 2.04. The molecule has 1 rings (SSSR count). The van der Waals surface area contributed by atoms with Crippen LogP contribution in [0, 0.1) is 0 Å². The van der Waals surface area contributed by atoms with Crippen LogP contribution in [-0.2, 0) is 5.60 Å². The highest BCUT2D eigenvalue weighted by Crippen LogP contribution is 2.36. The summed E-state index contributed by atoms with van der Waals surface area (Å²) in [7, 11) is 0. The van der Waals surface area contributed by atoms with Crippen LogP contribution in [-0.4, -0.2) is 16.3 Å². The van der Waals surface area contributed by atoms with Crippen LogP contribution in [0.15, 0.2) is 24.4 Å². The van der Waals surface area contributed by atoms with Crippen molar-refractivity contribution in [2.24, 2.45) is 0 Å². The Morgan fingerprint density at radius 2 is 1.92 bits per heavy atom. The van der Waals surface area contributed by atoms with Gasteiger partial charge in [0.2, 0.25) is 0 Å². The SMILES string of the molecule is CC(O)(c1ccccn1)C(F)(F)F. The summed E-state index contributed by atoms with van der Waals surface area (Å²) in [4.78, 5) is 3.45. The van der Waals surface area contributed by atoms with Crippen LogP contribution in [0.3, 0.4) is 0 Å². The van der Waals surface area contributed by atoms with E-state index in [4.69, 9.17) is 5.11 Å². The zero-order chi connectivity index (χ0) is 10.1. The van der Waals surface area contributed by atoms with Gasteiger partial charge in [-0.05, 0) is 19.1 Å². The largest absolute Gasteiger partial charge is 0.422 e. The molecule has 0 aliphatic heterocycles. The average molecular weight is 191 g/mol. The van der Waals surface area contributed by atoms with Crippen molar-refractivity contribution in [1.29, 1.82) is 0 Å². The van der Waals surface area contributed by atoms with Crippen LogP contribution in [0.1, 0.15) is 12.6 Å². The number of hydrogen-bond donors (Lipinski definition) is 1. The van der Waals surface area contributed by atoms with E-state index in [0.717, 1.165) is 6.07 Å². The highest BCUT2D eigenvalue weighted by Gasteiger charge is 2.52. The molecule has 72 valence electrons. The Balaban J connectivity index is 3.08. The normalized spacial score (nSPS) is 16.7. The number of alkyl halides is 3. The summed E-state index contributed by atoms with van der Waals surface area (Å²) in [5, 5.41) is 9.13. The van der Waals surface area contributed by atoms with E-state index in [2.05, 4.69) is 4.98 Å². The van der Waals surface area contributed by atoms with Gasteiger partial charge in [-0.3, -0.25) is 4.98 Å². The van der Waals surface area contributed by atoms with E-state index >= 15 is 0 Å². The second-order valence-corrected chi connectivity index (χ2v) is 2.78. The highest BCUT2D eigenvalue weighted by molar-refractivity contribution is 5.13. The van der Waals surface area contributed by atoms with Gasteiger partial charge in [-0.2, -0.15) is 13.2 Å². The van der Waals surface area contributed by atoms with E-state index in [-0.39, 0.29) is 0 Å². The fourth-order valence-electron chi connectivity index (χ4n) is 0.796. The van der Waals surface area contributed by atoms with Gasteiger partial charge in [-0.15, -0.1) is 0 Å². The van der Waals surface area contributed by atoms with Crippen LogP contribution in [0.25, 0.3) is 0 Å². The van der Waals surface area contributed by atoms with Gasteiger partial charge in [0.05, 0.1) is 5.69 Å².